The molecule has 2 aromatic rings. The number of aryl methyl sites for hydroxylation is 1. The Morgan fingerprint density at radius 2 is 2.00 bits per heavy atom. The molecule has 3 rings (SSSR count). The number of nitrogens with zero attached hydrogens (tertiary/aromatic N) is 1. The van der Waals surface area contributed by atoms with Gasteiger partial charge in [0.25, 0.3) is 0 Å². The van der Waals surface area contributed by atoms with Gasteiger partial charge in [-0.05, 0) is 43.6 Å². The molecule has 21 heavy (non-hydrogen) atoms. The summed E-state index contributed by atoms with van der Waals surface area (Å²) in [5.74, 6) is 0. The van der Waals surface area contributed by atoms with Crippen molar-refractivity contribution in [1.82, 2.24) is 10.2 Å². The Morgan fingerprint density at radius 3 is 2.86 bits per heavy atom. The third-order valence-corrected chi connectivity index (χ3v) is 4.37. The Balaban J connectivity index is 1.82. The van der Waals surface area contributed by atoms with Crippen molar-refractivity contribution >= 4 is 0 Å². The third-order valence-electron chi connectivity index (χ3n) is 4.37. The SMILES string of the molecule is Cc1cccc(CN(C)C2CCNCc3ccccc32)c1. The zero-order valence-electron chi connectivity index (χ0n) is 13.0. The molecule has 0 spiro atoms. The zero-order valence-corrected chi connectivity index (χ0v) is 13.0. The number of hydrogen-bond acceptors (Lipinski definition) is 2. The van der Waals surface area contributed by atoms with Crippen LogP contribution in [0.4, 0.5) is 0 Å². The van der Waals surface area contributed by atoms with Crippen molar-refractivity contribution in [3.05, 3.63) is 70.8 Å². The van der Waals surface area contributed by atoms with Crippen LogP contribution in [0.5, 0.6) is 0 Å². The van der Waals surface area contributed by atoms with Crippen LogP contribution in [0.25, 0.3) is 0 Å². The average Bonchev–Trinajstić information content (AvgIpc) is 2.69. The Morgan fingerprint density at radius 1 is 1.14 bits per heavy atom. The predicted molar refractivity (Wildman–Crippen MR) is 88.2 cm³/mol. The Hall–Kier alpha value is -1.64. The fourth-order valence-electron chi connectivity index (χ4n) is 3.30. The van der Waals surface area contributed by atoms with Gasteiger partial charge in [0.15, 0.2) is 0 Å². The van der Waals surface area contributed by atoms with Crippen molar-refractivity contribution < 1.29 is 0 Å². The lowest BCUT2D eigenvalue weighted by Gasteiger charge is -2.28. The maximum absolute atomic E-state index is 3.53. The van der Waals surface area contributed by atoms with E-state index in [1.165, 1.54) is 28.7 Å². The molecule has 1 aliphatic rings. The zero-order chi connectivity index (χ0) is 14.7. The average molecular weight is 280 g/mol. The van der Waals surface area contributed by atoms with Crippen LogP contribution in [-0.2, 0) is 13.1 Å². The van der Waals surface area contributed by atoms with Crippen molar-refractivity contribution in [2.45, 2.75) is 32.5 Å². The van der Waals surface area contributed by atoms with E-state index in [1.807, 2.05) is 0 Å². The first-order valence-electron chi connectivity index (χ1n) is 7.78. The molecule has 0 saturated carbocycles. The molecule has 1 aliphatic heterocycles. The van der Waals surface area contributed by atoms with Gasteiger partial charge in [0.1, 0.15) is 0 Å². The van der Waals surface area contributed by atoms with E-state index in [9.17, 15) is 0 Å². The molecule has 1 unspecified atom stereocenters. The van der Waals surface area contributed by atoms with Gasteiger partial charge in [-0.2, -0.15) is 0 Å². The molecular formula is C19H24N2. The lowest BCUT2D eigenvalue weighted by atomic mass is 9.97. The largest absolute Gasteiger partial charge is 0.313 e. The van der Waals surface area contributed by atoms with E-state index < -0.39 is 0 Å². The minimum absolute atomic E-state index is 0.497. The fraction of sp³-hybridized carbons (Fsp3) is 0.368. The highest BCUT2D eigenvalue weighted by molar-refractivity contribution is 5.31. The molecule has 0 saturated heterocycles. The van der Waals surface area contributed by atoms with Crippen LogP contribution in [0.1, 0.15) is 34.7 Å². The van der Waals surface area contributed by atoms with E-state index in [0.29, 0.717) is 6.04 Å². The Labute approximate surface area is 127 Å². The lowest BCUT2D eigenvalue weighted by Crippen LogP contribution is -2.25. The first kappa shape index (κ1) is 14.3. The molecule has 0 amide bonds. The molecule has 0 bridgehead atoms. The van der Waals surface area contributed by atoms with Crippen LogP contribution in [0.3, 0.4) is 0 Å². The van der Waals surface area contributed by atoms with Gasteiger partial charge in [0.05, 0.1) is 0 Å². The molecule has 0 fully saturated rings. The normalized spacial score (nSPS) is 18.3. The quantitative estimate of drug-likeness (QED) is 0.923. The maximum atomic E-state index is 3.53. The minimum atomic E-state index is 0.497. The summed E-state index contributed by atoms with van der Waals surface area (Å²) >= 11 is 0. The first-order valence-corrected chi connectivity index (χ1v) is 7.78. The summed E-state index contributed by atoms with van der Waals surface area (Å²) in [6.07, 6.45) is 1.17. The number of fused-ring (bicyclic) bond motifs is 1. The second-order valence-electron chi connectivity index (χ2n) is 6.08. The number of hydrogen-bond donors (Lipinski definition) is 1. The van der Waals surface area contributed by atoms with Gasteiger partial charge in [-0.15, -0.1) is 0 Å². The number of nitrogens with one attached hydrogen (secondary N) is 1. The highest BCUT2D eigenvalue weighted by atomic mass is 15.1. The Kier molecular flexibility index (Phi) is 4.37. The maximum Gasteiger partial charge on any atom is 0.0363 e. The molecule has 1 N–H and O–H groups in total. The molecule has 0 aromatic heterocycles. The van der Waals surface area contributed by atoms with Gasteiger partial charge in [-0.1, -0.05) is 54.1 Å². The summed E-state index contributed by atoms with van der Waals surface area (Å²) < 4.78 is 0. The van der Waals surface area contributed by atoms with Gasteiger partial charge in [0.2, 0.25) is 0 Å². The van der Waals surface area contributed by atoms with Gasteiger partial charge in [0, 0.05) is 19.1 Å². The van der Waals surface area contributed by atoms with Crippen LogP contribution in [0.15, 0.2) is 48.5 Å². The van der Waals surface area contributed by atoms with Gasteiger partial charge in [-0.3, -0.25) is 4.90 Å². The topological polar surface area (TPSA) is 15.3 Å². The van der Waals surface area contributed by atoms with Gasteiger partial charge in [-0.25, -0.2) is 0 Å². The van der Waals surface area contributed by atoms with E-state index in [-0.39, 0.29) is 0 Å². The van der Waals surface area contributed by atoms with Crippen LogP contribution in [0, 0.1) is 6.92 Å². The summed E-state index contributed by atoms with van der Waals surface area (Å²) in [6.45, 7) is 5.23. The predicted octanol–water partition coefficient (Wildman–Crippen LogP) is 3.66. The van der Waals surface area contributed by atoms with E-state index in [0.717, 1.165) is 19.6 Å². The molecule has 0 aliphatic carbocycles. The standard InChI is InChI=1S/C19H24N2/c1-15-6-5-7-16(12-15)14-21(2)19-10-11-20-13-17-8-3-4-9-18(17)19/h3-9,12,19-20H,10-11,13-14H2,1-2H3. The molecule has 110 valence electrons. The lowest BCUT2D eigenvalue weighted by molar-refractivity contribution is 0.226. The monoisotopic (exact) mass is 280 g/mol. The molecule has 1 atom stereocenters. The van der Waals surface area contributed by atoms with Crippen molar-refractivity contribution in [3.63, 3.8) is 0 Å². The second kappa shape index (κ2) is 6.42. The van der Waals surface area contributed by atoms with E-state index in [4.69, 9.17) is 0 Å². The molecule has 2 nitrogen and oxygen atoms in total. The van der Waals surface area contributed by atoms with Crippen LogP contribution in [0.2, 0.25) is 0 Å². The summed E-state index contributed by atoms with van der Waals surface area (Å²) in [5.41, 5.74) is 5.66. The van der Waals surface area contributed by atoms with Gasteiger partial charge >= 0.3 is 0 Å². The van der Waals surface area contributed by atoms with Crippen molar-refractivity contribution in [1.29, 1.82) is 0 Å². The number of benzene rings is 2. The highest BCUT2D eigenvalue weighted by Crippen LogP contribution is 2.29. The van der Waals surface area contributed by atoms with E-state index in [1.54, 1.807) is 0 Å². The van der Waals surface area contributed by atoms with E-state index >= 15 is 0 Å². The molecule has 2 aromatic carbocycles. The molecular weight excluding hydrogens is 256 g/mol. The fourth-order valence-corrected chi connectivity index (χ4v) is 3.30. The van der Waals surface area contributed by atoms with Crippen LogP contribution >= 0.6 is 0 Å². The summed E-state index contributed by atoms with van der Waals surface area (Å²) in [7, 11) is 2.25. The third kappa shape index (κ3) is 3.34. The Bertz CT molecular complexity index is 606. The smallest absolute Gasteiger partial charge is 0.0363 e. The summed E-state index contributed by atoms with van der Waals surface area (Å²) in [6, 6.07) is 18.2. The first-order chi connectivity index (χ1) is 10.2. The molecule has 2 heteroatoms. The van der Waals surface area contributed by atoms with Crippen molar-refractivity contribution in [2.75, 3.05) is 13.6 Å². The van der Waals surface area contributed by atoms with Crippen LogP contribution < -0.4 is 5.32 Å². The van der Waals surface area contributed by atoms with E-state index in [2.05, 4.69) is 72.7 Å². The second-order valence-corrected chi connectivity index (χ2v) is 6.08. The summed E-state index contributed by atoms with van der Waals surface area (Å²) in [4.78, 5) is 2.49. The van der Waals surface area contributed by atoms with Gasteiger partial charge < -0.3 is 5.32 Å². The highest BCUT2D eigenvalue weighted by Gasteiger charge is 2.21. The van der Waals surface area contributed by atoms with Crippen molar-refractivity contribution in [3.8, 4) is 0 Å². The van der Waals surface area contributed by atoms with Crippen LogP contribution in [-0.4, -0.2) is 18.5 Å². The summed E-state index contributed by atoms with van der Waals surface area (Å²) in [5, 5.41) is 3.53. The number of rotatable bonds is 3. The van der Waals surface area contributed by atoms with Crippen molar-refractivity contribution in [2.24, 2.45) is 0 Å². The molecule has 0 radical (unpaired) electrons. The molecule has 1 heterocycles. The minimum Gasteiger partial charge on any atom is -0.313 e.